The Morgan fingerprint density at radius 3 is 2.40 bits per heavy atom. The van der Waals surface area contributed by atoms with Crippen LogP contribution in [0.5, 0.6) is 0 Å². The Morgan fingerprint density at radius 1 is 1.12 bits per heavy atom. The number of benzene rings is 2. The van der Waals surface area contributed by atoms with Crippen LogP contribution in [-0.2, 0) is 16.0 Å². The van der Waals surface area contributed by atoms with E-state index in [1.807, 2.05) is 60.7 Å². The van der Waals surface area contributed by atoms with Gasteiger partial charge in [-0.3, -0.25) is 4.79 Å². The first-order chi connectivity index (χ1) is 12.2. The lowest BCUT2D eigenvalue weighted by Gasteiger charge is -2.20. The lowest BCUT2D eigenvalue weighted by atomic mass is 10.1. The molecule has 2 aromatic rings. The molecule has 4 nitrogen and oxygen atoms in total. The summed E-state index contributed by atoms with van der Waals surface area (Å²) < 4.78 is 5.60. The highest BCUT2D eigenvalue weighted by Crippen LogP contribution is 2.06. The summed E-state index contributed by atoms with van der Waals surface area (Å²) >= 11 is 0. The Morgan fingerprint density at radius 2 is 1.76 bits per heavy atom. The zero-order valence-electron chi connectivity index (χ0n) is 14.5. The lowest BCUT2D eigenvalue weighted by molar-refractivity contribution is -0.117. The summed E-state index contributed by atoms with van der Waals surface area (Å²) in [4.78, 5) is 12.2. The van der Waals surface area contributed by atoms with Crippen LogP contribution in [-0.4, -0.2) is 36.4 Å². The van der Waals surface area contributed by atoms with Gasteiger partial charge in [0.1, 0.15) is 0 Å². The molecule has 2 atom stereocenters. The number of carbonyl (C=O) groups is 1. The van der Waals surface area contributed by atoms with E-state index in [2.05, 4.69) is 5.32 Å². The Hall–Kier alpha value is -2.43. The van der Waals surface area contributed by atoms with Crippen LogP contribution in [0.1, 0.15) is 18.1 Å². The number of rotatable bonds is 9. The summed E-state index contributed by atoms with van der Waals surface area (Å²) in [7, 11) is 0. The molecule has 2 unspecified atom stereocenters. The fourth-order valence-electron chi connectivity index (χ4n) is 2.37. The first-order valence-corrected chi connectivity index (χ1v) is 8.47. The van der Waals surface area contributed by atoms with Crippen LogP contribution in [0.4, 0.5) is 0 Å². The second kappa shape index (κ2) is 10.4. The third-order valence-corrected chi connectivity index (χ3v) is 3.74. The predicted molar refractivity (Wildman–Crippen MR) is 100 cm³/mol. The van der Waals surface area contributed by atoms with Crippen molar-refractivity contribution in [2.45, 2.75) is 25.5 Å². The second-order valence-corrected chi connectivity index (χ2v) is 5.97. The fourth-order valence-corrected chi connectivity index (χ4v) is 2.37. The van der Waals surface area contributed by atoms with Crippen molar-refractivity contribution in [1.29, 1.82) is 0 Å². The SMILES string of the molecule is CC(CO)OCC(Cc1ccccc1)NC(=O)C=Cc1ccccc1. The van der Waals surface area contributed by atoms with Crippen LogP contribution < -0.4 is 5.32 Å². The summed E-state index contributed by atoms with van der Waals surface area (Å²) in [5.41, 5.74) is 2.10. The number of carbonyl (C=O) groups excluding carboxylic acids is 1. The van der Waals surface area contributed by atoms with Crippen LogP contribution >= 0.6 is 0 Å². The normalized spacial score (nSPS) is 13.5. The van der Waals surface area contributed by atoms with Crippen LogP contribution in [0, 0.1) is 0 Å². The Labute approximate surface area is 149 Å². The molecule has 4 heteroatoms. The summed E-state index contributed by atoms with van der Waals surface area (Å²) in [6.45, 7) is 2.11. The van der Waals surface area contributed by atoms with Gasteiger partial charge in [0.05, 0.1) is 25.4 Å². The molecule has 25 heavy (non-hydrogen) atoms. The number of hydrogen-bond acceptors (Lipinski definition) is 3. The van der Waals surface area contributed by atoms with Gasteiger partial charge in [-0.2, -0.15) is 0 Å². The molecule has 0 fully saturated rings. The van der Waals surface area contributed by atoms with Crippen molar-refractivity contribution in [3.8, 4) is 0 Å². The van der Waals surface area contributed by atoms with E-state index < -0.39 is 0 Å². The van der Waals surface area contributed by atoms with Gasteiger partial charge in [-0.1, -0.05) is 60.7 Å². The number of aliphatic hydroxyl groups is 1. The van der Waals surface area contributed by atoms with Gasteiger partial charge in [-0.05, 0) is 30.5 Å². The van der Waals surface area contributed by atoms with Crippen molar-refractivity contribution in [2.24, 2.45) is 0 Å². The number of ether oxygens (including phenoxy) is 1. The van der Waals surface area contributed by atoms with E-state index in [0.717, 1.165) is 11.1 Å². The van der Waals surface area contributed by atoms with Crippen LogP contribution in [0.2, 0.25) is 0 Å². The highest BCUT2D eigenvalue weighted by molar-refractivity contribution is 5.91. The number of nitrogens with one attached hydrogen (secondary N) is 1. The zero-order chi connectivity index (χ0) is 17.9. The topological polar surface area (TPSA) is 58.6 Å². The smallest absolute Gasteiger partial charge is 0.244 e. The minimum Gasteiger partial charge on any atom is -0.394 e. The maximum atomic E-state index is 12.2. The van der Waals surface area contributed by atoms with E-state index >= 15 is 0 Å². The third-order valence-electron chi connectivity index (χ3n) is 3.74. The molecule has 0 aliphatic carbocycles. The molecule has 0 bridgehead atoms. The van der Waals surface area contributed by atoms with E-state index in [-0.39, 0.29) is 24.7 Å². The van der Waals surface area contributed by atoms with Crippen LogP contribution in [0.15, 0.2) is 66.7 Å². The Kier molecular flexibility index (Phi) is 7.89. The molecule has 1 amide bonds. The van der Waals surface area contributed by atoms with Crippen LogP contribution in [0.3, 0.4) is 0 Å². The molecule has 0 aliphatic rings. The Balaban J connectivity index is 1.96. The Bertz CT molecular complexity index is 655. The zero-order valence-corrected chi connectivity index (χ0v) is 14.5. The maximum Gasteiger partial charge on any atom is 0.244 e. The average molecular weight is 339 g/mol. The van der Waals surface area contributed by atoms with E-state index in [1.54, 1.807) is 13.0 Å². The minimum absolute atomic E-state index is 0.0418. The number of amides is 1. The molecule has 2 rings (SSSR count). The van der Waals surface area contributed by atoms with E-state index in [4.69, 9.17) is 9.84 Å². The highest BCUT2D eigenvalue weighted by atomic mass is 16.5. The van der Waals surface area contributed by atoms with Gasteiger partial charge in [-0.25, -0.2) is 0 Å². The average Bonchev–Trinajstić information content (AvgIpc) is 2.66. The first-order valence-electron chi connectivity index (χ1n) is 8.47. The van der Waals surface area contributed by atoms with E-state index in [9.17, 15) is 4.79 Å². The molecular weight excluding hydrogens is 314 g/mol. The molecule has 0 radical (unpaired) electrons. The molecule has 2 N–H and O–H groups in total. The van der Waals surface area contributed by atoms with Gasteiger partial charge < -0.3 is 15.2 Å². The van der Waals surface area contributed by atoms with Gasteiger partial charge in [0.2, 0.25) is 5.91 Å². The molecule has 0 spiro atoms. The fraction of sp³-hybridized carbons (Fsp3) is 0.286. The highest BCUT2D eigenvalue weighted by Gasteiger charge is 2.13. The predicted octanol–water partition coefficient (Wildman–Crippen LogP) is 2.82. The van der Waals surface area contributed by atoms with Crippen molar-refractivity contribution in [3.05, 3.63) is 77.9 Å². The summed E-state index contributed by atoms with van der Waals surface area (Å²) in [6.07, 6.45) is 3.73. The molecular formula is C21H25NO3. The minimum atomic E-state index is -0.255. The van der Waals surface area contributed by atoms with Crippen molar-refractivity contribution < 1.29 is 14.6 Å². The summed E-state index contributed by atoms with van der Waals surface area (Å²) in [5.74, 6) is -0.162. The van der Waals surface area contributed by atoms with Gasteiger partial charge in [0.25, 0.3) is 0 Å². The molecule has 0 aliphatic heterocycles. The van der Waals surface area contributed by atoms with Crippen molar-refractivity contribution >= 4 is 12.0 Å². The standard InChI is InChI=1S/C21H25NO3/c1-17(15-23)25-16-20(14-19-10-6-3-7-11-19)22-21(24)13-12-18-8-4-2-5-9-18/h2-13,17,20,23H,14-16H2,1H3,(H,22,24). The maximum absolute atomic E-state index is 12.2. The van der Waals surface area contributed by atoms with Crippen LogP contribution in [0.25, 0.3) is 6.08 Å². The van der Waals surface area contributed by atoms with E-state index in [0.29, 0.717) is 13.0 Å². The van der Waals surface area contributed by atoms with Gasteiger partial charge >= 0.3 is 0 Å². The lowest BCUT2D eigenvalue weighted by Crippen LogP contribution is -2.40. The van der Waals surface area contributed by atoms with Crippen molar-refractivity contribution in [1.82, 2.24) is 5.32 Å². The monoisotopic (exact) mass is 339 g/mol. The van der Waals surface area contributed by atoms with Gasteiger partial charge in [-0.15, -0.1) is 0 Å². The molecule has 2 aromatic carbocycles. The van der Waals surface area contributed by atoms with Gasteiger partial charge in [0.15, 0.2) is 0 Å². The van der Waals surface area contributed by atoms with Gasteiger partial charge in [0, 0.05) is 6.08 Å². The summed E-state index contributed by atoms with van der Waals surface area (Å²) in [5, 5.41) is 12.1. The van der Waals surface area contributed by atoms with Crippen molar-refractivity contribution in [2.75, 3.05) is 13.2 Å². The summed E-state index contributed by atoms with van der Waals surface area (Å²) in [6, 6.07) is 19.5. The molecule has 0 saturated carbocycles. The second-order valence-electron chi connectivity index (χ2n) is 5.97. The largest absolute Gasteiger partial charge is 0.394 e. The first kappa shape index (κ1) is 18.9. The molecule has 0 aromatic heterocycles. The number of hydrogen-bond donors (Lipinski definition) is 2. The third kappa shape index (κ3) is 7.33. The molecule has 132 valence electrons. The molecule has 0 saturated heterocycles. The van der Waals surface area contributed by atoms with E-state index in [1.165, 1.54) is 6.08 Å². The quantitative estimate of drug-likeness (QED) is 0.691. The van der Waals surface area contributed by atoms with Crippen molar-refractivity contribution in [3.63, 3.8) is 0 Å². The number of aliphatic hydroxyl groups excluding tert-OH is 1. The molecule has 0 heterocycles.